The molecule has 5 nitrogen and oxygen atoms in total. The first-order valence-corrected chi connectivity index (χ1v) is 8.58. The number of hydrogen-bond donors (Lipinski definition) is 0. The minimum Gasteiger partial charge on any atom is -0.415 e. The van der Waals surface area contributed by atoms with Crippen molar-refractivity contribution in [2.75, 3.05) is 0 Å². The molecule has 2 heterocycles. The lowest BCUT2D eigenvalue weighted by atomic mass is 10.1. The van der Waals surface area contributed by atoms with Crippen LogP contribution in [0.5, 0.6) is 0 Å². The molecule has 0 amide bonds. The van der Waals surface area contributed by atoms with Gasteiger partial charge in [-0.25, -0.2) is 0 Å². The summed E-state index contributed by atoms with van der Waals surface area (Å²) >= 11 is 0. The number of benzene rings is 2. The third kappa shape index (κ3) is 3.59. The van der Waals surface area contributed by atoms with E-state index in [-0.39, 0.29) is 11.4 Å². The van der Waals surface area contributed by atoms with Gasteiger partial charge in [-0.2, -0.15) is 8.78 Å². The first kappa shape index (κ1) is 17.8. The molecule has 0 aliphatic rings. The highest BCUT2D eigenvalue weighted by molar-refractivity contribution is 5.59. The second kappa shape index (κ2) is 7.56. The maximum Gasteiger partial charge on any atom is 0.314 e. The van der Waals surface area contributed by atoms with Crippen LogP contribution in [0.2, 0.25) is 0 Å². The van der Waals surface area contributed by atoms with E-state index in [9.17, 15) is 13.6 Å². The normalized spacial score (nSPS) is 11.1. The summed E-state index contributed by atoms with van der Waals surface area (Å²) in [5.41, 5.74) is 3.07. The maximum atomic E-state index is 12.6. The predicted molar refractivity (Wildman–Crippen MR) is 99.9 cm³/mol. The zero-order chi connectivity index (χ0) is 19.5. The number of aromatic nitrogens is 3. The molecule has 0 spiro atoms. The Morgan fingerprint density at radius 2 is 1.61 bits per heavy atom. The Balaban J connectivity index is 1.63. The maximum absolute atomic E-state index is 12.6. The monoisotopic (exact) mass is 379 g/mol. The Bertz CT molecular complexity index is 1140. The molecule has 2 aromatic heterocycles. The second-order valence-corrected chi connectivity index (χ2v) is 6.14. The number of alkyl halides is 2. The fourth-order valence-corrected chi connectivity index (χ4v) is 2.92. The molecule has 28 heavy (non-hydrogen) atoms. The first-order chi connectivity index (χ1) is 13.6. The number of rotatable bonds is 5. The van der Waals surface area contributed by atoms with Gasteiger partial charge in [-0.05, 0) is 29.3 Å². The van der Waals surface area contributed by atoms with Crippen molar-refractivity contribution in [3.05, 3.63) is 94.6 Å². The van der Waals surface area contributed by atoms with Crippen LogP contribution in [0.1, 0.15) is 17.9 Å². The molecular weight excluding hydrogens is 364 g/mol. The highest BCUT2D eigenvalue weighted by Crippen LogP contribution is 2.24. The molecule has 4 aromatic rings. The van der Waals surface area contributed by atoms with Gasteiger partial charge in [0.1, 0.15) is 0 Å². The quantitative estimate of drug-likeness (QED) is 0.510. The Hall–Kier alpha value is -3.61. The van der Waals surface area contributed by atoms with E-state index in [0.717, 1.165) is 16.8 Å². The number of nitrogens with zero attached hydrogens (tertiary/aromatic N) is 3. The third-order valence-corrected chi connectivity index (χ3v) is 4.29. The van der Waals surface area contributed by atoms with E-state index >= 15 is 0 Å². The molecule has 0 bridgehead atoms. The van der Waals surface area contributed by atoms with Crippen LogP contribution in [0, 0.1) is 0 Å². The summed E-state index contributed by atoms with van der Waals surface area (Å²) in [6, 6.07) is 21.8. The molecule has 0 atom stereocenters. The molecule has 0 fully saturated rings. The lowest BCUT2D eigenvalue weighted by molar-refractivity contribution is 0.116. The minimum atomic E-state index is -2.80. The fraction of sp³-hybridized carbons (Fsp3) is 0.0952. The number of hydrogen-bond acceptors (Lipinski definition) is 4. The molecular formula is C21H15F2N3O2. The zero-order valence-corrected chi connectivity index (χ0v) is 14.6. The molecule has 0 radical (unpaired) electrons. The van der Waals surface area contributed by atoms with Gasteiger partial charge in [0.2, 0.25) is 5.89 Å². The standard InChI is InChI=1S/C21H15F2N3O2/c22-19(23)21-25-24-20(28-21)16-11-9-14(10-12-16)13-26-17(7-4-8-18(26)27)15-5-2-1-3-6-15/h1-12,19H,13H2. The van der Waals surface area contributed by atoms with Gasteiger partial charge in [-0.15, -0.1) is 10.2 Å². The van der Waals surface area contributed by atoms with Crippen molar-refractivity contribution in [3.63, 3.8) is 0 Å². The van der Waals surface area contributed by atoms with Crippen LogP contribution < -0.4 is 5.56 Å². The average molecular weight is 379 g/mol. The predicted octanol–water partition coefficient (Wildman–Crippen LogP) is 4.55. The molecule has 2 aromatic carbocycles. The summed E-state index contributed by atoms with van der Waals surface area (Å²) in [4.78, 5) is 12.4. The van der Waals surface area contributed by atoms with E-state index in [0.29, 0.717) is 12.1 Å². The SMILES string of the molecule is O=c1cccc(-c2ccccc2)n1Cc1ccc(-c2nnc(C(F)F)o2)cc1. The first-order valence-electron chi connectivity index (χ1n) is 8.58. The van der Waals surface area contributed by atoms with Crippen LogP contribution in [0.4, 0.5) is 8.78 Å². The van der Waals surface area contributed by atoms with Crippen LogP contribution in [0.25, 0.3) is 22.7 Å². The number of halogens is 2. The molecule has 0 N–H and O–H groups in total. The van der Waals surface area contributed by atoms with Crippen molar-refractivity contribution >= 4 is 0 Å². The highest BCUT2D eigenvalue weighted by Gasteiger charge is 2.17. The highest BCUT2D eigenvalue weighted by atomic mass is 19.3. The Kier molecular flexibility index (Phi) is 4.80. The van der Waals surface area contributed by atoms with Gasteiger partial charge >= 0.3 is 6.43 Å². The summed E-state index contributed by atoms with van der Waals surface area (Å²) in [6.45, 7) is 0.371. The van der Waals surface area contributed by atoms with E-state index in [1.54, 1.807) is 34.9 Å². The smallest absolute Gasteiger partial charge is 0.314 e. The largest absolute Gasteiger partial charge is 0.415 e. The van der Waals surface area contributed by atoms with Gasteiger partial charge in [0.15, 0.2) is 0 Å². The molecule has 0 aliphatic heterocycles. The summed E-state index contributed by atoms with van der Waals surface area (Å²) in [5, 5.41) is 6.96. The van der Waals surface area contributed by atoms with Crippen LogP contribution in [-0.2, 0) is 6.54 Å². The van der Waals surface area contributed by atoms with Crippen molar-refractivity contribution in [1.29, 1.82) is 0 Å². The van der Waals surface area contributed by atoms with Gasteiger partial charge < -0.3 is 8.98 Å². The minimum absolute atomic E-state index is 0.0312. The van der Waals surface area contributed by atoms with Crippen molar-refractivity contribution < 1.29 is 13.2 Å². The topological polar surface area (TPSA) is 60.9 Å². The zero-order valence-electron chi connectivity index (χ0n) is 14.6. The molecule has 7 heteroatoms. The van der Waals surface area contributed by atoms with E-state index in [1.165, 1.54) is 6.07 Å². The molecule has 0 unspecified atom stereocenters. The van der Waals surface area contributed by atoms with Gasteiger partial charge in [0, 0.05) is 11.6 Å². The van der Waals surface area contributed by atoms with E-state index in [2.05, 4.69) is 10.2 Å². The molecule has 140 valence electrons. The fourth-order valence-electron chi connectivity index (χ4n) is 2.92. The summed E-state index contributed by atoms with van der Waals surface area (Å²) < 4.78 is 31.8. The summed E-state index contributed by atoms with van der Waals surface area (Å²) in [5.74, 6) is -0.675. The Morgan fingerprint density at radius 3 is 2.29 bits per heavy atom. The van der Waals surface area contributed by atoms with E-state index in [1.807, 2.05) is 36.4 Å². The lowest BCUT2D eigenvalue weighted by Crippen LogP contribution is -2.21. The van der Waals surface area contributed by atoms with Crippen LogP contribution in [-0.4, -0.2) is 14.8 Å². The average Bonchev–Trinajstić information content (AvgIpc) is 3.21. The molecule has 0 saturated carbocycles. The van der Waals surface area contributed by atoms with Crippen LogP contribution >= 0.6 is 0 Å². The number of pyridine rings is 1. The van der Waals surface area contributed by atoms with Crippen molar-refractivity contribution in [1.82, 2.24) is 14.8 Å². The van der Waals surface area contributed by atoms with Gasteiger partial charge in [-0.1, -0.05) is 48.5 Å². The van der Waals surface area contributed by atoms with Gasteiger partial charge in [0.05, 0.1) is 12.2 Å². The van der Waals surface area contributed by atoms with Crippen LogP contribution in [0.3, 0.4) is 0 Å². The summed E-state index contributed by atoms with van der Waals surface area (Å²) in [6.07, 6.45) is -2.80. The van der Waals surface area contributed by atoms with Crippen LogP contribution in [0.15, 0.2) is 82.0 Å². The summed E-state index contributed by atoms with van der Waals surface area (Å²) in [7, 11) is 0. The molecule has 0 saturated heterocycles. The Morgan fingerprint density at radius 1 is 0.857 bits per heavy atom. The molecule has 0 aliphatic carbocycles. The molecule has 4 rings (SSSR count). The van der Waals surface area contributed by atoms with Crippen molar-refractivity contribution in [2.45, 2.75) is 13.0 Å². The van der Waals surface area contributed by atoms with Crippen molar-refractivity contribution in [2.24, 2.45) is 0 Å². The third-order valence-electron chi connectivity index (χ3n) is 4.29. The Labute approximate surface area is 158 Å². The van der Waals surface area contributed by atoms with Crippen molar-refractivity contribution in [3.8, 4) is 22.7 Å². The van der Waals surface area contributed by atoms with Gasteiger partial charge in [-0.3, -0.25) is 4.79 Å². The van der Waals surface area contributed by atoms with E-state index in [4.69, 9.17) is 4.42 Å². The van der Waals surface area contributed by atoms with E-state index < -0.39 is 12.3 Å². The van der Waals surface area contributed by atoms with Gasteiger partial charge in [0.25, 0.3) is 11.4 Å². The second-order valence-electron chi connectivity index (χ2n) is 6.14. The lowest BCUT2D eigenvalue weighted by Gasteiger charge is -2.13.